The Morgan fingerprint density at radius 3 is 2.10 bits per heavy atom. The average molecular weight is 294 g/mol. The van der Waals surface area contributed by atoms with Gasteiger partial charge in [0.05, 0.1) is 5.54 Å². The van der Waals surface area contributed by atoms with Gasteiger partial charge in [-0.1, -0.05) is 12.8 Å². The first kappa shape index (κ1) is 15.1. The lowest BCUT2D eigenvalue weighted by Gasteiger charge is -2.31. The van der Waals surface area contributed by atoms with Crippen LogP contribution in [0.25, 0.3) is 0 Å². The highest BCUT2D eigenvalue weighted by atomic mass is 19.4. The summed E-state index contributed by atoms with van der Waals surface area (Å²) in [6, 6.07) is 0. The van der Waals surface area contributed by atoms with Crippen LogP contribution in [0.15, 0.2) is 0 Å². The first-order valence-corrected chi connectivity index (χ1v) is 6.51. The monoisotopic (exact) mass is 294 g/mol. The molecule has 8 heteroatoms. The molecule has 0 radical (unpaired) electrons. The van der Waals surface area contributed by atoms with Crippen molar-refractivity contribution in [3.63, 3.8) is 0 Å². The number of amides is 1. The van der Waals surface area contributed by atoms with Crippen molar-refractivity contribution in [3.8, 4) is 0 Å². The van der Waals surface area contributed by atoms with Gasteiger partial charge < -0.3 is 15.7 Å². The second-order valence-corrected chi connectivity index (χ2v) is 5.72. The number of nitrogens with zero attached hydrogens (tertiary/aromatic N) is 1. The van der Waals surface area contributed by atoms with Crippen molar-refractivity contribution in [1.82, 2.24) is 4.90 Å². The number of alkyl halides is 3. The van der Waals surface area contributed by atoms with Crippen LogP contribution in [0, 0.1) is 5.41 Å². The highest BCUT2D eigenvalue weighted by molar-refractivity contribution is 5.88. The Kier molecular flexibility index (Phi) is 3.48. The molecule has 2 rings (SSSR count). The maximum Gasteiger partial charge on any atom is 0.406 e. The third-order valence-corrected chi connectivity index (χ3v) is 4.43. The number of halogens is 3. The Bertz CT molecular complexity index is 432. The Balaban J connectivity index is 2.19. The van der Waals surface area contributed by atoms with E-state index in [0.717, 1.165) is 17.7 Å². The first-order chi connectivity index (χ1) is 9.12. The molecule has 1 aliphatic carbocycles. The number of likely N-dealkylation sites (tertiary alicyclic amines) is 1. The van der Waals surface area contributed by atoms with Crippen molar-refractivity contribution in [2.24, 2.45) is 11.1 Å². The quantitative estimate of drug-likeness (QED) is 0.799. The van der Waals surface area contributed by atoms with Gasteiger partial charge in [-0.2, -0.15) is 13.2 Å². The van der Waals surface area contributed by atoms with Crippen molar-refractivity contribution in [3.05, 3.63) is 0 Å². The zero-order valence-corrected chi connectivity index (χ0v) is 10.9. The molecule has 1 atom stereocenters. The van der Waals surface area contributed by atoms with Gasteiger partial charge in [0, 0.05) is 13.1 Å². The molecule has 2 aliphatic rings. The number of nitrogens with two attached hydrogens (primary N) is 1. The average Bonchev–Trinajstić information content (AvgIpc) is 2.94. The fourth-order valence-electron chi connectivity index (χ4n) is 3.04. The number of carbonyl (C=O) groups excluding carboxylic acids is 1. The maximum absolute atomic E-state index is 13.0. The minimum atomic E-state index is -4.88. The fraction of sp³-hybridized carbons (Fsp3) is 0.833. The van der Waals surface area contributed by atoms with E-state index in [1.54, 1.807) is 0 Å². The topological polar surface area (TPSA) is 83.6 Å². The number of carboxylic acid groups (broad SMARTS) is 1. The SMILES string of the molecule is NC1(C(=O)N2CCC(C(=O)O)(C(F)(F)F)C2)CCCC1. The Labute approximate surface area is 113 Å². The Hall–Kier alpha value is -1.31. The van der Waals surface area contributed by atoms with Gasteiger partial charge in [0.1, 0.15) is 0 Å². The number of aliphatic carboxylic acids is 1. The van der Waals surface area contributed by atoms with Crippen LogP contribution in [0.3, 0.4) is 0 Å². The van der Waals surface area contributed by atoms with Crippen molar-refractivity contribution < 1.29 is 27.9 Å². The largest absolute Gasteiger partial charge is 0.481 e. The smallest absolute Gasteiger partial charge is 0.406 e. The zero-order valence-electron chi connectivity index (χ0n) is 10.9. The van der Waals surface area contributed by atoms with E-state index in [0.29, 0.717) is 12.8 Å². The molecule has 1 saturated carbocycles. The van der Waals surface area contributed by atoms with Crippen LogP contribution in [-0.2, 0) is 9.59 Å². The van der Waals surface area contributed by atoms with Crippen LogP contribution >= 0.6 is 0 Å². The first-order valence-electron chi connectivity index (χ1n) is 6.51. The lowest BCUT2D eigenvalue weighted by Crippen LogP contribution is -2.55. The van der Waals surface area contributed by atoms with Crippen molar-refractivity contribution in [2.75, 3.05) is 13.1 Å². The summed E-state index contributed by atoms with van der Waals surface area (Å²) in [6.07, 6.45) is -3.10. The summed E-state index contributed by atoms with van der Waals surface area (Å²) >= 11 is 0. The second-order valence-electron chi connectivity index (χ2n) is 5.72. The van der Waals surface area contributed by atoms with E-state index in [2.05, 4.69) is 0 Å². The van der Waals surface area contributed by atoms with Gasteiger partial charge in [0.2, 0.25) is 5.91 Å². The van der Waals surface area contributed by atoms with Gasteiger partial charge in [-0.05, 0) is 19.3 Å². The standard InChI is InChI=1S/C12H17F3N2O3/c13-12(14,15)10(9(19)20)5-6-17(7-10)8(18)11(16)3-1-2-4-11/h1-7,16H2,(H,19,20). The molecule has 1 aliphatic heterocycles. The molecule has 5 nitrogen and oxygen atoms in total. The molecule has 2 fully saturated rings. The van der Waals surface area contributed by atoms with Crippen LogP contribution in [0.2, 0.25) is 0 Å². The highest BCUT2D eigenvalue weighted by Gasteiger charge is 2.64. The van der Waals surface area contributed by atoms with Crippen LogP contribution < -0.4 is 5.73 Å². The number of hydrogen-bond donors (Lipinski definition) is 2. The van der Waals surface area contributed by atoms with E-state index < -0.39 is 42.0 Å². The maximum atomic E-state index is 13.0. The predicted molar refractivity (Wildman–Crippen MR) is 62.7 cm³/mol. The minimum Gasteiger partial charge on any atom is -0.481 e. The number of hydrogen-bond acceptors (Lipinski definition) is 3. The zero-order chi connectivity index (χ0) is 15.2. The van der Waals surface area contributed by atoms with Crippen LogP contribution in [-0.4, -0.2) is 46.7 Å². The molecule has 1 saturated heterocycles. The summed E-state index contributed by atoms with van der Waals surface area (Å²) < 4.78 is 39.1. The van der Waals surface area contributed by atoms with E-state index in [4.69, 9.17) is 10.8 Å². The highest BCUT2D eigenvalue weighted by Crippen LogP contribution is 2.46. The fourth-order valence-corrected chi connectivity index (χ4v) is 3.04. The Morgan fingerprint density at radius 2 is 1.70 bits per heavy atom. The van der Waals surface area contributed by atoms with E-state index in [9.17, 15) is 22.8 Å². The van der Waals surface area contributed by atoms with Crippen LogP contribution in [0.4, 0.5) is 13.2 Å². The summed E-state index contributed by atoms with van der Waals surface area (Å²) in [4.78, 5) is 24.3. The third kappa shape index (κ3) is 2.15. The van der Waals surface area contributed by atoms with E-state index >= 15 is 0 Å². The molecule has 1 unspecified atom stereocenters. The summed E-state index contributed by atoms with van der Waals surface area (Å²) in [7, 11) is 0. The minimum absolute atomic E-state index is 0.219. The lowest BCUT2D eigenvalue weighted by molar-refractivity contribution is -0.227. The van der Waals surface area contributed by atoms with E-state index in [-0.39, 0.29) is 6.54 Å². The summed E-state index contributed by atoms with van der Waals surface area (Å²) in [5.41, 5.74) is 1.95. The third-order valence-electron chi connectivity index (χ3n) is 4.43. The molecule has 1 amide bonds. The lowest BCUT2D eigenvalue weighted by atomic mass is 9.86. The van der Waals surface area contributed by atoms with Gasteiger partial charge in [-0.15, -0.1) is 0 Å². The summed E-state index contributed by atoms with van der Waals surface area (Å²) in [6.45, 7) is -1.06. The van der Waals surface area contributed by atoms with Crippen molar-refractivity contribution >= 4 is 11.9 Å². The number of carboxylic acids is 1. The molecule has 0 spiro atoms. The van der Waals surface area contributed by atoms with Gasteiger partial charge in [0.15, 0.2) is 5.41 Å². The van der Waals surface area contributed by atoms with Crippen molar-refractivity contribution in [1.29, 1.82) is 0 Å². The molecule has 0 aromatic rings. The van der Waals surface area contributed by atoms with E-state index in [1.165, 1.54) is 0 Å². The summed E-state index contributed by atoms with van der Waals surface area (Å²) in [5.74, 6) is -2.49. The molecule has 0 aromatic carbocycles. The predicted octanol–water partition coefficient (Wildman–Crippen LogP) is 1.12. The van der Waals surface area contributed by atoms with Crippen molar-refractivity contribution in [2.45, 2.75) is 43.8 Å². The van der Waals surface area contributed by atoms with Gasteiger partial charge >= 0.3 is 12.1 Å². The molecular weight excluding hydrogens is 277 g/mol. The summed E-state index contributed by atoms with van der Waals surface area (Å²) in [5, 5.41) is 8.94. The molecule has 3 N–H and O–H groups in total. The van der Waals surface area contributed by atoms with Gasteiger partial charge in [-0.3, -0.25) is 9.59 Å². The molecule has 114 valence electrons. The number of carbonyl (C=O) groups is 2. The van der Waals surface area contributed by atoms with E-state index in [1.807, 2.05) is 0 Å². The van der Waals surface area contributed by atoms with Crippen LogP contribution in [0.1, 0.15) is 32.1 Å². The molecule has 20 heavy (non-hydrogen) atoms. The Morgan fingerprint density at radius 1 is 1.15 bits per heavy atom. The molecule has 1 heterocycles. The molecular formula is C12H17F3N2O3. The molecule has 0 bridgehead atoms. The van der Waals surface area contributed by atoms with Gasteiger partial charge in [0.25, 0.3) is 0 Å². The normalized spacial score (nSPS) is 29.7. The molecule has 0 aromatic heterocycles. The van der Waals surface area contributed by atoms with Gasteiger partial charge in [-0.25, -0.2) is 0 Å². The second kappa shape index (κ2) is 4.61. The number of rotatable bonds is 2. The van der Waals surface area contributed by atoms with Crippen LogP contribution in [0.5, 0.6) is 0 Å².